The van der Waals surface area contributed by atoms with Crippen molar-refractivity contribution in [3.05, 3.63) is 12.7 Å². The minimum absolute atomic E-state index is 0.150. The van der Waals surface area contributed by atoms with E-state index in [2.05, 4.69) is 29.5 Å². The van der Waals surface area contributed by atoms with Gasteiger partial charge in [-0.3, -0.25) is 10.6 Å². The molecule has 3 nitrogen and oxygen atoms in total. The normalized spacial score (nSPS) is 14.3. The van der Waals surface area contributed by atoms with Gasteiger partial charge in [0.1, 0.15) is 0 Å². The van der Waals surface area contributed by atoms with Gasteiger partial charge in [-0.15, -0.1) is 0 Å². The van der Waals surface area contributed by atoms with Gasteiger partial charge in [0.25, 0.3) is 0 Å². The molecule has 0 fully saturated rings. The fourth-order valence-electron chi connectivity index (χ4n) is 1.20. The third kappa shape index (κ3) is 2.93. The quantitative estimate of drug-likeness (QED) is 0.397. The Balaban J connectivity index is 4.19. The molecule has 0 radical (unpaired) electrons. The maximum Gasteiger partial charge on any atom is 0.0886 e. The molecule has 0 aromatic heterocycles. The Bertz CT molecular complexity index is 130. The number of hydrogen-bond acceptors (Lipinski definition) is 3. The van der Waals surface area contributed by atoms with Gasteiger partial charge in [-0.25, -0.2) is 0 Å². The van der Waals surface area contributed by atoms with E-state index in [-0.39, 0.29) is 5.66 Å². The van der Waals surface area contributed by atoms with Crippen LogP contribution in [0.2, 0.25) is 0 Å². The first-order valence-corrected chi connectivity index (χ1v) is 4.32. The lowest BCUT2D eigenvalue weighted by Crippen LogP contribution is -2.55. The molecule has 0 saturated carbocycles. The minimum Gasteiger partial charge on any atom is -0.317 e. The van der Waals surface area contributed by atoms with E-state index in [1.165, 1.54) is 0 Å². The lowest BCUT2D eigenvalue weighted by atomic mass is 10.0. The summed E-state index contributed by atoms with van der Waals surface area (Å²) in [6.45, 7) is 5.96. The van der Waals surface area contributed by atoms with Gasteiger partial charge < -0.3 is 5.32 Å². The topological polar surface area (TPSA) is 36.1 Å². The number of likely N-dealkylation sites (N-methyl/N-ethyl adjacent to an activating group) is 2. The summed E-state index contributed by atoms with van der Waals surface area (Å²) in [7, 11) is 5.82. The molecule has 0 spiro atoms. The minimum atomic E-state index is -0.150. The van der Waals surface area contributed by atoms with Crippen LogP contribution in [0.1, 0.15) is 13.3 Å². The number of rotatable bonds is 6. The Morgan fingerprint density at radius 3 is 2.08 bits per heavy atom. The largest absolute Gasteiger partial charge is 0.317 e. The van der Waals surface area contributed by atoms with Gasteiger partial charge in [0.15, 0.2) is 0 Å². The fourth-order valence-corrected chi connectivity index (χ4v) is 1.20. The first kappa shape index (κ1) is 11.6. The van der Waals surface area contributed by atoms with E-state index in [9.17, 15) is 0 Å². The van der Waals surface area contributed by atoms with E-state index in [1.807, 2.05) is 27.2 Å². The van der Waals surface area contributed by atoms with Crippen molar-refractivity contribution in [1.82, 2.24) is 16.0 Å². The first-order chi connectivity index (χ1) is 5.64. The van der Waals surface area contributed by atoms with E-state index in [0.717, 1.165) is 6.42 Å². The van der Waals surface area contributed by atoms with E-state index in [4.69, 9.17) is 0 Å². The highest BCUT2D eigenvalue weighted by molar-refractivity contribution is 5.00. The Hall–Kier alpha value is -0.380. The number of nitrogens with one attached hydrogen (secondary N) is 3. The molecule has 0 saturated heterocycles. The molecule has 0 bridgehead atoms. The Labute approximate surface area is 75.6 Å². The van der Waals surface area contributed by atoms with Gasteiger partial charge in [0, 0.05) is 6.04 Å². The molecule has 0 aliphatic rings. The molecule has 3 heteroatoms. The molecule has 1 atom stereocenters. The second-order valence-electron chi connectivity index (χ2n) is 3.07. The zero-order valence-electron chi connectivity index (χ0n) is 8.57. The van der Waals surface area contributed by atoms with Crippen LogP contribution in [0.15, 0.2) is 12.7 Å². The molecule has 0 aromatic rings. The van der Waals surface area contributed by atoms with Gasteiger partial charge in [0.2, 0.25) is 0 Å². The monoisotopic (exact) mass is 171 g/mol. The Kier molecular flexibility index (Phi) is 5.13. The summed E-state index contributed by atoms with van der Waals surface area (Å²) in [6.07, 6.45) is 2.88. The summed E-state index contributed by atoms with van der Waals surface area (Å²) in [4.78, 5) is 0. The average molecular weight is 171 g/mol. The van der Waals surface area contributed by atoms with Crippen LogP contribution in [0.25, 0.3) is 0 Å². The van der Waals surface area contributed by atoms with Gasteiger partial charge in [-0.05, 0) is 34.5 Å². The highest BCUT2D eigenvalue weighted by Gasteiger charge is 2.23. The standard InChI is InChI=1S/C9H21N3/c1-6-9(11-4,12-5)7-8(2)10-3/h6,8,10-12H,1,7H2,2-5H3. The molecule has 0 aromatic carbocycles. The van der Waals surface area contributed by atoms with Crippen molar-refractivity contribution >= 4 is 0 Å². The second-order valence-corrected chi connectivity index (χ2v) is 3.07. The lowest BCUT2D eigenvalue weighted by molar-refractivity contribution is 0.314. The highest BCUT2D eigenvalue weighted by Crippen LogP contribution is 2.09. The van der Waals surface area contributed by atoms with Crippen molar-refractivity contribution in [2.75, 3.05) is 21.1 Å². The zero-order chi connectivity index (χ0) is 9.61. The zero-order valence-corrected chi connectivity index (χ0v) is 8.57. The predicted molar refractivity (Wildman–Crippen MR) is 54.2 cm³/mol. The fraction of sp³-hybridized carbons (Fsp3) is 0.778. The smallest absolute Gasteiger partial charge is 0.0886 e. The third-order valence-corrected chi connectivity index (χ3v) is 2.36. The average Bonchev–Trinajstić information content (AvgIpc) is 2.14. The maximum absolute atomic E-state index is 3.81. The van der Waals surface area contributed by atoms with E-state index >= 15 is 0 Å². The van der Waals surface area contributed by atoms with E-state index in [1.54, 1.807) is 0 Å². The van der Waals surface area contributed by atoms with Crippen LogP contribution in [-0.2, 0) is 0 Å². The summed E-state index contributed by atoms with van der Waals surface area (Å²) < 4.78 is 0. The Morgan fingerprint density at radius 1 is 1.33 bits per heavy atom. The van der Waals surface area contributed by atoms with Crippen molar-refractivity contribution in [2.45, 2.75) is 25.0 Å². The van der Waals surface area contributed by atoms with E-state index < -0.39 is 0 Å². The summed E-state index contributed by atoms with van der Waals surface area (Å²) in [5.74, 6) is 0. The van der Waals surface area contributed by atoms with Crippen molar-refractivity contribution in [1.29, 1.82) is 0 Å². The van der Waals surface area contributed by atoms with Crippen molar-refractivity contribution < 1.29 is 0 Å². The molecular weight excluding hydrogens is 150 g/mol. The van der Waals surface area contributed by atoms with Crippen LogP contribution < -0.4 is 16.0 Å². The van der Waals surface area contributed by atoms with Crippen LogP contribution in [0.3, 0.4) is 0 Å². The molecule has 0 aliphatic heterocycles. The molecule has 0 amide bonds. The van der Waals surface area contributed by atoms with Crippen LogP contribution >= 0.6 is 0 Å². The van der Waals surface area contributed by atoms with Crippen LogP contribution in [0, 0.1) is 0 Å². The lowest BCUT2D eigenvalue weighted by Gasteiger charge is -2.32. The summed E-state index contributed by atoms with van der Waals surface area (Å²) in [6, 6.07) is 0.461. The van der Waals surface area contributed by atoms with E-state index in [0.29, 0.717) is 6.04 Å². The Morgan fingerprint density at radius 2 is 1.83 bits per heavy atom. The molecule has 0 aliphatic carbocycles. The third-order valence-electron chi connectivity index (χ3n) is 2.36. The molecule has 0 rings (SSSR count). The number of hydrogen-bond donors (Lipinski definition) is 3. The van der Waals surface area contributed by atoms with Gasteiger partial charge in [-0.2, -0.15) is 0 Å². The predicted octanol–water partition coefficient (Wildman–Crippen LogP) is 0.306. The van der Waals surface area contributed by atoms with Crippen LogP contribution in [0.4, 0.5) is 0 Å². The van der Waals surface area contributed by atoms with Gasteiger partial charge in [0.05, 0.1) is 5.66 Å². The van der Waals surface area contributed by atoms with Crippen molar-refractivity contribution in [3.8, 4) is 0 Å². The second kappa shape index (κ2) is 5.30. The molecule has 0 heterocycles. The van der Waals surface area contributed by atoms with Gasteiger partial charge >= 0.3 is 0 Å². The highest BCUT2D eigenvalue weighted by atomic mass is 15.2. The van der Waals surface area contributed by atoms with Crippen molar-refractivity contribution in [3.63, 3.8) is 0 Å². The molecule has 72 valence electrons. The van der Waals surface area contributed by atoms with Crippen molar-refractivity contribution in [2.24, 2.45) is 0 Å². The first-order valence-electron chi connectivity index (χ1n) is 4.32. The SMILES string of the molecule is C=CC(CC(C)NC)(NC)NC. The van der Waals surface area contributed by atoms with Gasteiger partial charge in [-0.1, -0.05) is 12.7 Å². The molecule has 1 unspecified atom stereocenters. The molecular formula is C9H21N3. The maximum atomic E-state index is 3.81. The summed E-state index contributed by atoms with van der Waals surface area (Å²) >= 11 is 0. The molecule has 12 heavy (non-hydrogen) atoms. The van der Waals surface area contributed by atoms with Crippen LogP contribution in [-0.4, -0.2) is 32.8 Å². The summed E-state index contributed by atoms with van der Waals surface area (Å²) in [5, 5.41) is 9.62. The van der Waals surface area contributed by atoms with Crippen LogP contribution in [0.5, 0.6) is 0 Å². The summed E-state index contributed by atoms with van der Waals surface area (Å²) in [5.41, 5.74) is -0.150. The molecule has 3 N–H and O–H groups in total.